The SMILES string of the molecule is O=C(C1CCC1)N1CCC(NCCCOC2CCCCC2)CC1. The van der Waals surface area contributed by atoms with Crippen LogP contribution in [0.1, 0.15) is 70.6 Å². The standard InChI is InChI=1S/C19H34N2O2/c22-19(16-6-4-7-16)21-13-10-17(11-14-21)20-12-5-15-23-18-8-2-1-3-9-18/h16-18,20H,1-15H2. The van der Waals surface area contributed by atoms with Gasteiger partial charge in [0.1, 0.15) is 0 Å². The molecular formula is C19H34N2O2. The molecule has 0 aromatic heterocycles. The summed E-state index contributed by atoms with van der Waals surface area (Å²) < 4.78 is 5.97. The van der Waals surface area contributed by atoms with Crippen molar-refractivity contribution in [3.05, 3.63) is 0 Å². The molecule has 1 N–H and O–H groups in total. The number of ether oxygens (including phenoxy) is 1. The van der Waals surface area contributed by atoms with Crippen LogP contribution in [0.5, 0.6) is 0 Å². The summed E-state index contributed by atoms with van der Waals surface area (Å²) >= 11 is 0. The van der Waals surface area contributed by atoms with Crippen LogP contribution in [0.25, 0.3) is 0 Å². The Morgan fingerprint density at radius 2 is 1.70 bits per heavy atom. The Balaban J connectivity index is 1.21. The second-order valence-electron chi connectivity index (χ2n) is 7.67. The van der Waals surface area contributed by atoms with E-state index < -0.39 is 0 Å². The fraction of sp³-hybridized carbons (Fsp3) is 0.947. The van der Waals surface area contributed by atoms with Crippen molar-refractivity contribution < 1.29 is 9.53 Å². The molecule has 4 nitrogen and oxygen atoms in total. The van der Waals surface area contributed by atoms with Gasteiger partial charge in [0.15, 0.2) is 0 Å². The highest BCUT2D eigenvalue weighted by molar-refractivity contribution is 5.79. The first-order chi connectivity index (χ1) is 11.3. The van der Waals surface area contributed by atoms with E-state index in [1.54, 1.807) is 0 Å². The van der Waals surface area contributed by atoms with Crippen molar-refractivity contribution in [2.45, 2.75) is 82.8 Å². The lowest BCUT2D eigenvalue weighted by atomic mass is 9.84. The molecule has 2 aliphatic carbocycles. The zero-order valence-corrected chi connectivity index (χ0v) is 14.6. The van der Waals surface area contributed by atoms with E-state index in [2.05, 4.69) is 10.2 Å². The first-order valence-corrected chi connectivity index (χ1v) is 9.96. The summed E-state index contributed by atoms with van der Waals surface area (Å²) in [4.78, 5) is 14.3. The number of nitrogens with zero attached hydrogens (tertiary/aromatic N) is 1. The number of likely N-dealkylation sites (tertiary alicyclic amines) is 1. The molecule has 1 heterocycles. The van der Waals surface area contributed by atoms with Crippen LogP contribution in [0.4, 0.5) is 0 Å². The summed E-state index contributed by atoms with van der Waals surface area (Å²) in [6, 6.07) is 0.593. The largest absolute Gasteiger partial charge is 0.378 e. The van der Waals surface area contributed by atoms with Gasteiger partial charge >= 0.3 is 0 Å². The number of hydrogen-bond donors (Lipinski definition) is 1. The van der Waals surface area contributed by atoms with Gasteiger partial charge < -0.3 is 15.0 Å². The van der Waals surface area contributed by atoms with Crippen LogP contribution < -0.4 is 5.32 Å². The van der Waals surface area contributed by atoms with E-state index in [0.29, 0.717) is 24.0 Å². The van der Waals surface area contributed by atoms with Gasteiger partial charge in [0.2, 0.25) is 5.91 Å². The van der Waals surface area contributed by atoms with Gasteiger partial charge in [-0.15, -0.1) is 0 Å². The average Bonchev–Trinajstić information content (AvgIpc) is 2.54. The first-order valence-electron chi connectivity index (χ1n) is 9.96. The molecule has 0 bridgehead atoms. The van der Waals surface area contributed by atoms with Gasteiger partial charge in [-0.05, 0) is 51.5 Å². The molecule has 3 fully saturated rings. The molecule has 132 valence electrons. The van der Waals surface area contributed by atoms with Crippen molar-refractivity contribution in [2.24, 2.45) is 5.92 Å². The van der Waals surface area contributed by atoms with Crippen molar-refractivity contribution >= 4 is 5.91 Å². The highest BCUT2D eigenvalue weighted by Crippen LogP contribution is 2.29. The number of hydrogen-bond acceptors (Lipinski definition) is 3. The highest BCUT2D eigenvalue weighted by atomic mass is 16.5. The van der Waals surface area contributed by atoms with Crippen molar-refractivity contribution in [3.63, 3.8) is 0 Å². The lowest BCUT2D eigenvalue weighted by Crippen LogP contribution is -2.47. The molecule has 0 spiro atoms. The lowest BCUT2D eigenvalue weighted by molar-refractivity contribution is -0.139. The van der Waals surface area contributed by atoms with Gasteiger partial charge in [-0.25, -0.2) is 0 Å². The maximum Gasteiger partial charge on any atom is 0.225 e. The molecule has 0 unspecified atom stereocenters. The first kappa shape index (κ1) is 17.2. The number of amides is 1. The molecule has 4 heteroatoms. The molecular weight excluding hydrogens is 288 g/mol. The van der Waals surface area contributed by atoms with Crippen LogP contribution in [-0.2, 0) is 9.53 Å². The maximum absolute atomic E-state index is 12.2. The van der Waals surface area contributed by atoms with Crippen LogP contribution in [-0.4, -0.2) is 49.2 Å². The van der Waals surface area contributed by atoms with Gasteiger partial charge in [0, 0.05) is 31.7 Å². The Morgan fingerprint density at radius 1 is 0.957 bits per heavy atom. The molecule has 1 saturated heterocycles. The topological polar surface area (TPSA) is 41.6 Å². The Morgan fingerprint density at radius 3 is 2.35 bits per heavy atom. The van der Waals surface area contributed by atoms with E-state index in [1.165, 1.54) is 38.5 Å². The summed E-state index contributed by atoms with van der Waals surface area (Å²) in [7, 11) is 0. The van der Waals surface area contributed by atoms with Crippen LogP contribution in [0.3, 0.4) is 0 Å². The summed E-state index contributed by atoms with van der Waals surface area (Å²) in [5.74, 6) is 0.784. The Labute approximate surface area is 141 Å². The zero-order chi connectivity index (χ0) is 15.9. The molecule has 1 amide bonds. The summed E-state index contributed by atoms with van der Waals surface area (Å²) in [6.45, 7) is 3.85. The predicted octanol–water partition coefficient (Wildman–Crippen LogP) is 3.11. The van der Waals surface area contributed by atoms with E-state index in [-0.39, 0.29) is 0 Å². The van der Waals surface area contributed by atoms with Gasteiger partial charge in [-0.2, -0.15) is 0 Å². The highest BCUT2D eigenvalue weighted by Gasteiger charge is 2.31. The van der Waals surface area contributed by atoms with Gasteiger partial charge in [0.05, 0.1) is 6.10 Å². The Hall–Kier alpha value is -0.610. The molecule has 2 saturated carbocycles. The van der Waals surface area contributed by atoms with Crippen LogP contribution in [0.15, 0.2) is 0 Å². The summed E-state index contributed by atoms with van der Waals surface area (Å²) in [5, 5.41) is 3.66. The molecule has 3 aliphatic rings. The van der Waals surface area contributed by atoms with E-state index in [0.717, 1.165) is 58.3 Å². The average molecular weight is 322 g/mol. The fourth-order valence-corrected chi connectivity index (χ4v) is 4.08. The Kier molecular flexibility index (Phi) is 6.76. The van der Waals surface area contributed by atoms with Crippen LogP contribution >= 0.6 is 0 Å². The molecule has 0 radical (unpaired) electrons. The third kappa shape index (κ3) is 5.18. The number of nitrogens with one attached hydrogen (secondary N) is 1. The second kappa shape index (κ2) is 9.03. The quantitative estimate of drug-likeness (QED) is 0.732. The summed E-state index contributed by atoms with van der Waals surface area (Å²) in [5.41, 5.74) is 0. The molecule has 23 heavy (non-hydrogen) atoms. The number of carbonyl (C=O) groups is 1. The van der Waals surface area contributed by atoms with Gasteiger partial charge in [0.25, 0.3) is 0 Å². The maximum atomic E-state index is 12.2. The molecule has 0 atom stereocenters. The smallest absolute Gasteiger partial charge is 0.225 e. The molecule has 0 aromatic rings. The van der Waals surface area contributed by atoms with E-state index in [4.69, 9.17) is 4.74 Å². The second-order valence-corrected chi connectivity index (χ2v) is 7.67. The van der Waals surface area contributed by atoms with Crippen molar-refractivity contribution in [3.8, 4) is 0 Å². The molecule has 1 aliphatic heterocycles. The fourth-order valence-electron chi connectivity index (χ4n) is 4.08. The van der Waals surface area contributed by atoms with Gasteiger partial charge in [-0.3, -0.25) is 4.79 Å². The van der Waals surface area contributed by atoms with Crippen LogP contribution in [0, 0.1) is 5.92 Å². The number of piperidine rings is 1. The predicted molar refractivity (Wildman–Crippen MR) is 92.4 cm³/mol. The zero-order valence-electron chi connectivity index (χ0n) is 14.6. The van der Waals surface area contributed by atoms with Crippen molar-refractivity contribution in [1.29, 1.82) is 0 Å². The minimum Gasteiger partial charge on any atom is -0.378 e. The summed E-state index contributed by atoms with van der Waals surface area (Å²) in [6.07, 6.45) is 14.0. The molecule has 0 aromatic carbocycles. The minimum absolute atomic E-state index is 0.358. The minimum atomic E-state index is 0.358. The van der Waals surface area contributed by atoms with Gasteiger partial charge in [-0.1, -0.05) is 25.7 Å². The van der Waals surface area contributed by atoms with Crippen molar-refractivity contribution in [2.75, 3.05) is 26.2 Å². The van der Waals surface area contributed by atoms with E-state index in [1.807, 2.05) is 0 Å². The third-order valence-corrected chi connectivity index (χ3v) is 5.92. The normalized spacial score (nSPS) is 24.6. The molecule has 3 rings (SSSR count). The lowest BCUT2D eigenvalue weighted by Gasteiger charge is -2.36. The number of rotatable bonds is 7. The Bertz CT molecular complexity index is 356. The number of carbonyl (C=O) groups excluding carboxylic acids is 1. The van der Waals surface area contributed by atoms with E-state index >= 15 is 0 Å². The van der Waals surface area contributed by atoms with Crippen molar-refractivity contribution in [1.82, 2.24) is 10.2 Å². The monoisotopic (exact) mass is 322 g/mol. The van der Waals surface area contributed by atoms with Crippen LogP contribution in [0.2, 0.25) is 0 Å². The van der Waals surface area contributed by atoms with E-state index in [9.17, 15) is 4.79 Å². The third-order valence-electron chi connectivity index (χ3n) is 5.92.